The molecular weight excluding hydrogens is 328 g/mol. The first-order valence-electron chi connectivity index (χ1n) is 8.28. The van der Waals surface area contributed by atoms with Crippen LogP contribution in [-0.4, -0.2) is 25.1 Å². The van der Waals surface area contributed by atoms with Crippen LogP contribution in [0.15, 0.2) is 48.8 Å². The lowest BCUT2D eigenvalue weighted by Gasteiger charge is -2.25. The second kappa shape index (κ2) is 6.19. The number of nitrogens with zero attached hydrogens (tertiary/aromatic N) is 2. The molecule has 0 fully saturated rings. The summed E-state index contributed by atoms with van der Waals surface area (Å²) < 4.78 is 11.4. The second-order valence-corrected chi connectivity index (χ2v) is 6.18. The number of carbonyl (C=O) groups is 1. The standard InChI is InChI=1S/C21H18N2O3/c1-13-6-4-5-7-15(13)21(24)26-20-17(25-3)12-14-8-10-22-16-9-11-23(2)19(20)18(14)16/h4-12H,1-3H3. The third kappa shape index (κ3) is 2.49. The minimum absolute atomic E-state index is 0.398. The van der Waals surface area contributed by atoms with Crippen molar-refractivity contribution in [1.29, 1.82) is 0 Å². The van der Waals surface area contributed by atoms with Gasteiger partial charge in [0.1, 0.15) is 0 Å². The van der Waals surface area contributed by atoms with Crippen molar-refractivity contribution in [2.24, 2.45) is 0 Å². The maximum Gasteiger partial charge on any atom is 0.344 e. The van der Waals surface area contributed by atoms with Gasteiger partial charge in [-0.25, -0.2) is 4.79 Å². The third-order valence-corrected chi connectivity index (χ3v) is 4.56. The number of aromatic nitrogens is 1. The van der Waals surface area contributed by atoms with Crippen molar-refractivity contribution in [2.75, 3.05) is 19.1 Å². The van der Waals surface area contributed by atoms with E-state index in [-0.39, 0.29) is 0 Å². The van der Waals surface area contributed by atoms with Crippen molar-refractivity contribution in [1.82, 2.24) is 4.98 Å². The van der Waals surface area contributed by atoms with Crippen LogP contribution in [0.2, 0.25) is 0 Å². The molecule has 4 rings (SSSR count). The molecule has 0 aliphatic carbocycles. The van der Waals surface area contributed by atoms with Gasteiger partial charge in [0, 0.05) is 24.8 Å². The summed E-state index contributed by atoms with van der Waals surface area (Å²) in [6.07, 6.45) is 5.60. The predicted molar refractivity (Wildman–Crippen MR) is 102 cm³/mol. The molecule has 0 radical (unpaired) electrons. The molecule has 0 unspecified atom stereocenters. The van der Waals surface area contributed by atoms with E-state index in [1.807, 2.05) is 61.5 Å². The molecule has 0 spiro atoms. The monoisotopic (exact) mass is 346 g/mol. The van der Waals surface area contributed by atoms with E-state index in [2.05, 4.69) is 4.98 Å². The third-order valence-electron chi connectivity index (χ3n) is 4.56. The first-order valence-corrected chi connectivity index (χ1v) is 8.28. The van der Waals surface area contributed by atoms with Crippen molar-refractivity contribution < 1.29 is 14.3 Å². The molecule has 2 aromatic carbocycles. The fourth-order valence-corrected chi connectivity index (χ4v) is 3.23. The Morgan fingerprint density at radius 1 is 1.19 bits per heavy atom. The lowest BCUT2D eigenvalue weighted by molar-refractivity contribution is 0.0730. The molecule has 1 aliphatic rings. The average molecular weight is 346 g/mol. The molecule has 1 aromatic heterocycles. The highest BCUT2D eigenvalue weighted by atomic mass is 16.6. The fraction of sp³-hybridized carbons (Fsp3) is 0.143. The Labute approximate surface area is 151 Å². The average Bonchev–Trinajstić information content (AvgIpc) is 2.65. The van der Waals surface area contributed by atoms with Crippen LogP contribution < -0.4 is 14.4 Å². The minimum Gasteiger partial charge on any atom is -0.493 e. The van der Waals surface area contributed by atoms with Crippen molar-refractivity contribution in [3.63, 3.8) is 0 Å². The van der Waals surface area contributed by atoms with Gasteiger partial charge < -0.3 is 14.4 Å². The molecule has 0 atom stereocenters. The Hall–Kier alpha value is -3.34. The number of pyridine rings is 1. The van der Waals surface area contributed by atoms with Gasteiger partial charge in [0.05, 0.1) is 24.1 Å². The van der Waals surface area contributed by atoms with Crippen LogP contribution in [0.25, 0.3) is 16.8 Å². The smallest absolute Gasteiger partial charge is 0.344 e. The molecule has 26 heavy (non-hydrogen) atoms. The number of carbonyl (C=O) groups excluding carboxylic acids is 1. The van der Waals surface area contributed by atoms with Crippen molar-refractivity contribution in [3.05, 3.63) is 65.6 Å². The molecule has 5 nitrogen and oxygen atoms in total. The normalized spacial score (nSPS) is 12.3. The number of esters is 1. The van der Waals surface area contributed by atoms with Gasteiger partial charge in [-0.15, -0.1) is 0 Å². The SMILES string of the molecule is COc1cc2ccnc3c2c(c1OC(=O)c1ccccc1C)N(C)C=C3. The van der Waals surface area contributed by atoms with Gasteiger partial charge in [0.25, 0.3) is 0 Å². The lowest BCUT2D eigenvalue weighted by atomic mass is 10.0. The Bertz CT molecular complexity index is 1060. The summed E-state index contributed by atoms with van der Waals surface area (Å²) in [6.45, 7) is 1.88. The Balaban J connectivity index is 1.90. The summed E-state index contributed by atoms with van der Waals surface area (Å²) in [5, 5.41) is 1.92. The molecule has 0 saturated heterocycles. The van der Waals surface area contributed by atoms with E-state index in [9.17, 15) is 4.79 Å². The zero-order valence-corrected chi connectivity index (χ0v) is 14.8. The maximum absolute atomic E-state index is 12.8. The van der Waals surface area contributed by atoms with Crippen LogP contribution in [-0.2, 0) is 0 Å². The predicted octanol–water partition coefficient (Wildman–Crippen LogP) is 4.19. The quantitative estimate of drug-likeness (QED) is 0.526. The zero-order chi connectivity index (χ0) is 18.3. The van der Waals surface area contributed by atoms with Crippen molar-refractivity contribution in [3.8, 4) is 11.5 Å². The number of anilines is 1. The van der Waals surface area contributed by atoms with E-state index in [1.54, 1.807) is 19.4 Å². The summed E-state index contributed by atoms with van der Waals surface area (Å²) >= 11 is 0. The largest absolute Gasteiger partial charge is 0.493 e. The van der Waals surface area contributed by atoms with Gasteiger partial charge >= 0.3 is 5.97 Å². The lowest BCUT2D eigenvalue weighted by Crippen LogP contribution is -2.17. The van der Waals surface area contributed by atoms with E-state index in [4.69, 9.17) is 9.47 Å². The van der Waals surface area contributed by atoms with Gasteiger partial charge in [0.2, 0.25) is 0 Å². The topological polar surface area (TPSA) is 51.7 Å². The first-order chi connectivity index (χ1) is 12.6. The Kier molecular flexibility index (Phi) is 3.84. The van der Waals surface area contributed by atoms with Gasteiger partial charge in [-0.3, -0.25) is 4.98 Å². The highest BCUT2D eigenvalue weighted by Crippen LogP contribution is 2.46. The van der Waals surface area contributed by atoms with Crippen LogP contribution in [0.1, 0.15) is 21.6 Å². The summed E-state index contributed by atoms with van der Waals surface area (Å²) in [7, 11) is 3.48. The Morgan fingerprint density at radius 3 is 2.77 bits per heavy atom. The first kappa shape index (κ1) is 16.1. The number of hydrogen-bond donors (Lipinski definition) is 0. The highest BCUT2D eigenvalue weighted by molar-refractivity contribution is 6.07. The van der Waals surface area contributed by atoms with Crippen LogP contribution >= 0.6 is 0 Å². The molecule has 1 aliphatic heterocycles. The Morgan fingerprint density at radius 2 is 2.00 bits per heavy atom. The van der Waals surface area contributed by atoms with Gasteiger partial charge in [-0.2, -0.15) is 0 Å². The molecule has 130 valence electrons. The highest BCUT2D eigenvalue weighted by Gasteiger charge is 2.25. The van der Waals surface area contributed by atoms with E-state index >= 15 is 0 Å². The molecule has 0 saturated carbocycles. The summed E-state index contributed by atoms with van der Waals surface area (Å²) in [5.41, 5.74) is 3.00. The second-order valence-electron chi connectivity index (χ2n) is 6.18. The number of aryl methyl sites for hydroxylation is 1. The maximum atomic E-state index is 12.8. The summed E-state index contributed by atoms with van der Waals surface area (Å²) in [5.74, 6) is 0.494. The van der Waals surface area contributed by atoms with E-state index in [1.165, 1.54) is 0 Å². The minimum atomic E-state index is -0.412. The van der Waals surface area contributed by atoms with Crippen molar-refractivity contribution in [2.45, 2.75) is 6.92 Å². The molecule has 3 aromatic rings. The van der Waals surface area contributed by atoms with Gasteiger partial charge in [-0.05, 0) is 42.1 Å². The summed E-state index contributed by atoms with van der Waals surface area (Å²) in [6, 6.07) is 11.1. The molecular formula is C21H18N2O3. The number of rotatable bonds is 3. The molecule has 2 heterocycles. The van der Waals surface area contributed by atoms with Gasteiger partial charge in [0.15, 0.2) is 11.5 Å². The summed E-state index contributed by atoms with van der Waals surface area (Å²) in [4.78, 5) is 19.1. The van der Waals surface area contributed by atoms with E-state index < -0.39 is 5.97 Å². The van der Waals surface area contributed by atoms with Gasteiger partial charge in [-0.1, -0.05) is 18.2 Å². The van der Waals surface area contributed by atoms with E-state index in [0.717, 1.165) is 27.7 Å². The molecule has 5 heteroatoms. The van der Waals surface area contributed by atoms with Crippen LogP contribution in [0.3, 0.4) is 0 Å². The molecule has 0 bridgehead atoms. The molecule has 0 N–H and O–H groups in total. The number of benzene rings is 2. The van der Waals surface area contributed by atoms with E-state index in [0.29, 0.717) is 17.1 Å². The fourth-order valence-electron chi connectivity index (χ4n) is 3.23. The number of ether oxygens (including phenoxy) is 2. The van der Waals surface area contributed by atoms with Crippen molar-refractivity contribution >= 4 is 28.5 Å². The number of methoxy groups -OCH3 is 1. The van der Waals surface area contributed by atoms with Crippen LogP contribution in [0.4, 0.5) is 5.69 Å². The van der Waals surface area contributed by atoms with Crippen LogP contribution in [0.5, 0.6) is 11.5 Å². The van der Waals surface area contributed by atoms with Crippen LogP contribution in [0, 0.1) is 6.92 Å². The zero-order valence-electron chi connectivity index (χ0n) is 14.8. The molecule has 0 amide bonds. The number of hydrogen-bond acceptors (Lipinski definition) is 5.